The van der Waals surface area contributed by atoms with Gasteiger partial charge in [0, 0.05) is 21.8 Å². The van der Waals surface area contributed by atoms with Crippen molar-refractivity contribution >= 4 is 23.2 Å². The Labute approximate surface area is 161 Å². The highest BCUT2D eigenvalue weighted by molar-refractivity contribution is 6.30. The molecule has 0 saturated heterocycles. The molecule has 1 N–H and O–H groups in total. The molecule has 138 valence electrons. The van der Waals surface area contributed by atoms with Crippen LogP contribution in [0, 0.1) is 5.82 Å². The van der Waals surface area contributed by atoms with Crippen LogP contribution in [0.3, 0.4) is 0 Å². The molecule has 0 fully saturated rings. The summed E-state index contributed by atoms with van der Waals surface area (Å²) in [6, 6.07) is 17.7. The van der Waals surface area contributed by atoms with Gasteiger partial charge in [0.25, 0.3) is 5.91 Å². The van der Waals surface area contributed by atoms with Gasteiger partial charge in [-0.3, -0.25) is 4.79 Å². The number of hydrogen-bond acceptors (Lipinski definition) is 3. The molecule has 0 aromatic heterocycles. The number of amides is 1. The standard InChI is InChI=1S/C21H17ClFNO3/c1-26-20-10-5-14(21(25)24-18-8-6-17(23)7-9-18)11-15(20)13-27-19-4-2-3-16(22)12-19/h2-12H,13H2,1H3,(H,24,25). The van der Waals surface area contributed by atoms with Crippen molar-refractivity contribution < 1.29 is 18.7 Å². The Kier molecular flexibility index (Phi) is 5.94. The van der Waals surface area contributed by atoms with E-state index in [1.807, 2.05) is 0 Å². The topological polar surface area (TPSA) is 47.6 Å². The Balaban J connectivity index is 1.75. The van der Waals surface area contributed by atoms with Crippen LogP contribution in [0.2, 0.25) is 5.02 Å². The van der Waals surface area contributed by atoms with Gasteiger partial charge < -0.3 is 14.8 Å². The maximum absolute atomic E-state index is 13.0. The second kappa shape index (κ2) is 8.56. The summed E-state index contributed by atoms with van der Waals surface area (Å²) < 4.78 is 24.1. The minimum absolute atomic E-state index is 0.210. The van der Waals surface area contributed by atoms with Gasteiger partial charge in [-0.25, -0.2) is 4.39 Å². The predicted octanol–water partition coefficient (Wildman–Crippen LogP) is 5.32. The van der Waals surface area contributed by atoms with E-state index in [1.54, 1.807) is 49.6 Å². The van der Waals surface area contributed by atoms with Crippen LogP contribution < -0.4 is 14.8 Å². The first kappa shape index (κ1) is 18.7. The minimum Gasteiger partial charge on any atom is -0.496 e. The summed E-state index contributed by atoms with van der Waals surface area (Å²) in [5.74, 6) is 0.548. The predicted molar refractivity (Wildman–Crippen MR) is 103 cm³/mol. The van der Waals surface area contributed by atoms with Crippen LogP contribution in [0.1, 0.15) is 15.9 Å². The molecule has 0 aliphatic heterocycles. The highest BCUT2D eigenvalue weighted by atomic mass is 35.5. The number of carbonyl (C=O) groups excluding carboxylic acids is 1. The highest BCUT2D eigenvalue weighted by Crippen LogP contribution is 2.24. The van der Waals surface area contributed by atoms with E-state index < -0.39 is 0 Å². The lowest BCUT2D eigenvalue weighted by atomic mass is 10.1. The lowest BCUT2D eigenvalue weighted by Gasteiger charge is -2.12. The van der Waals surface area contributed by atoms with Gasteiger partial charge in [-0.2, -0.15) is 0 Å². The third-order valence-electron chi connectivity index (χ3n) is 3.84. The molecule has 4 nitrogen and oxygen atoms in total. The molecular formula is C21H17ClFNO3. The summed E-state index contributed by atoms with van der Waals surface area (Å²) in [5.41, 5.74) is 1.66. The number of hydrogen-bond donors (Lipinski definition) is 1. The van der Waals surface area contributed by atoms with Crippen molar-refractivity contribution in [3.63, 3.8) is 0 Å². The molecule has 0 unspecified atom stereocenters. The molecule has 3 rings (SSSR count). The molecule has 3 aromatic rings. The van der Waals surface area contributed by atoms with Crippen LogP contribution in [0.5, 0.6) is 11.5 Å². The van der Waals surface area contributed by atoms with Crippen LogP contribution in [-0.2, 0) is 6.61 Å². The molecule has 0 bridgehead atoms. The summed E-state index contributed by atoms with van der Waals surface area (Å²) in [5, 5.41) is 3.30. The van der Waals surface area contributed by atoms with E-state index in [0.29, 0.717) is 33.3 Å². The SMILES string of the molecule is COc1ccc(C(=O)Nc2ccc(F)cc2)cc1COc1cccc(Cl)c1. The largest absolute Gasteiger partial charge is 0.496 e. The second-order valence-electron chi connectivity index (χ2n) is 5.73. The fraction of sp³-hybridized carbons (Fsp3) is 0.0952. The van der Waals surface area contributed by atoms with E-state index in [1.165, 1.54) is 24.3 Å². The van der Waals surface area contributed by atoms with Crippen molar-refractivity contribution in [1.29, 1.82) is 0 Å². The second-order valence-corrected chi connectivity index (χ2v) is 6.17. The van der Waals surface area contributed by atoms with Gasteiger partial charge in [-0.05, 0) is 60.7 Å². The van der Waals surface area contributed by atoms with E-state index >= 15 is 0 Å². The van der Waals surface area contributed by atoms with Gasteiger partial charge in [0.2, 0.25) is 0 Å². The van der Waals surface area contributed by atoms with Gasteiger partial charge in [-0.1, -0.05) is 17.7 Å². The number of rotatable bonds is 6. The van der Waals surface area contributed by atoms with E-state index in [9.17, 15) is 9.18 Å². The van der Waals surface area contributed by atoms with Crippen molar-refractivity contribution in [2.45, 2.75) is 6.61 Å². The zero-order valence-corrected chi connectivity index (χ0v) is 15.3. The quantitative estimate of drug-likeness (QED) is 0.624. The maximum Gasteiger partial charge on any atom is 0.255 e. The molecule has 0 spiro atoms. The van der Waals surface area contributed by atoms with Crippen LogP contribution in [0.15, 0.2) is 66.7 Å². The fourth-order valence-corrected chi connectivity index (χ4v) is 2.67. The summed E-state index contributed by atoms with van der Waals surface area (Å²) in [6.45, 7) is 0.210. The van der Waals surface area contributed by atoms with Crippen molar-refractivity contribution in [3.05, 3.63) is 88.7 Å². The summed E-state index contributed by atoms with van der Waals surface area (Å²) in [4.78, 5) is 12.5. The zero-order valence-electron chi connectivity index (χ0n) is 14.5. The third-order valence-corrected chi connectivity index (χ3v) is 4.07. The zero-order chi connectivity index (χ0) is 19.2. The monoisotopic (exact) mass is 385 g/mol. The number of anilines is 1. The number of methoxy groups -OCH3 is 1. The van der Waals surface area contributed by atoms with Gasteiger partial charge in [0.15, 0.2) is 0 Å². The van der Waals surface area contributed by atoms with Crippen molar-refractivity contribution in [1.82, 2.24) is 0 Å². The molecule has 0 heterocycles. The average molecular weight is 386 g/mol. The average Bonchev–Trinajstić information content (AvgIpc) is 2.68. The van der Waals surface area contributed by atoms with E-state index in [2.05, 4.69) is 5.32 Å². The van der Waals surface area contributed by atoms with Gasteiger partial charge >= 0.3 is 0 Å². The molecular weight excluding hydrogens is 369 g/mol. The van der Waals surface area contributed by atoms with E-state index in [0.717, 1.165) is 0 Å². The number of carbonyl (C=O) groups is 1. The Hall–Kier alpha value is -3.05. The Bertz CT molecular complexity index is 944. The molecule has 3 aromatic carbocycles. The van der Waals surface area contributed by atoms with Crippen LogP contribution >= 0.6 is 11.6 Å². The van der Waals surface area contributed by atoms with Crippen molar-refractivity contribution in [3.8, 4) is 11.5 Å². The number of ether oxygens (including phenoxy) is 2. The normalized spacial score (nSPS) is 10.3. The third kappa shape index (κ3) is 4.99. The lowest BCUT2D eigenvalue weighted by molar-refractivity contribution is 0.102. The highest BCUT2D eigenvalue weighted by Gasteiger charge is 2.12. The van der Waals surface area contributed by atoms with Crippen molar-refractivity contribution in [2.24, 2.45) is 0 Å². The molecule has 6 heteroatoms. The number of halogens is 2. The Morgan fingerprint density at radius 3 is 2.56 bits per heavy atom. The van der Waals surface area contributed by atoms with Gasteiger partial charge in [-0.15, -0.1) is 0 Å². The summed E-state index contributed by atoms with van der Waals surface area (Å²) in [6.07, 6.45) is 0. The lowest BCUT2D eigenvalue weighted by Crippen LogP contribution is -2.12. The smallest absolute Gasteiger partial charge is 0.255 e. The van der Waals surface area contributed by atoms with E-state index in [-0.39, 0.29) is 18.3 Å². The molecule has 0 atom stereocenters. The van der Waals surface area contributed by atoms with E-state index in [4.69, 9.17) is 21.1 Å². The van der Waals surface area contributed by atoms with Gasteiger partial charge in [0.1, 0.15) is 23.9 Å². The number of benzene rings is 3. The fourth-order valence-electron chi connectivity index (χ4n) is 2.49. The molecule has 0 radical (unpaired) electrons. The summed E-state index contributed by atoms with van der Waals surface area (Å²) >= 11 is 5.96. The molecule has 27 heavy (non-hydrogen) atoms. The van der Waals surface area contributed by atoms with Crippen LogP contribution in [-0.4, -0.2) is 13.0 Å². The number of nitrogens with one attached hydrogen (secondary N) is 1. The molecule has 0 saturated carbocycles. The first-order valence-corrected chi connectivity index (χ1v) is 8.55. The van der Waals surface area contributed by atoms with Gasteiger partial charge in [0.05, 0.1) is 7.11 Å². The summed E-state index contributed by atoms with van der Waals surface area (Å²) in [7, 11) is 1.55. The molecule has 0 aliphatic rings. The first-order chi connectivity index (χ1) is 13.0. The Morgan fingerprint density at radius 2 is 1.85 bits per heavy atom. The first-order valence-electron chi connectivity index (χ1n) is 8.17. The maximum atomic E-state index is 13.0. The minimum atomic E-state index is -0.363. The van der Waals surface area contributed by atoms with Crippen molar-refractivity contribution in [2.75, 3.05) is 12.4 Å². The Morgan fingerprint density at radius 1 is 1.07 bits per heavy atom. The van der Waals surface area contributed by atoms with Crippen LogP contribution in [0.4, 0.5) is 10.1 Å². The molecule has 1 amide bonds. The molecule has 0 aliphatic carbocycles. The van der Waals surface area contributed by atoms with Crippen LogP contribution in [0.25, 0.3) is 0 Å².